The molecular formula is C15H20O3. The Kier molecular flexibility index (Phi) is 4.24. The third kappa shape index (κ3) is 3.03. The number of para-hydroxylation sites is 1. The number of rotatable bonds is 3. The van der Waals surface area contributed by atoms with Crippen molar-refractivity contribution in [2.75, 3.05) is 0 Å². The van der Waals surface area contributed by atoms with E-state index in [9.17, 15) is 9.90 Å². The van der Waals surface area contributed by atoms with Gasteiger partial charge >= 0.3 is 5.97 Å². The van der Waals surface area contributed by atoms with Gasteiger partial charge in [-0.05, 0) is 44.2 Å². The van der Waals surface area contributed by atoms with Gasteiger partial charge < -0.3 is 9.84 Å². The van der Waals surface area contributed by atoms with E-state index in [-0.39, 0.29) is 11.7 Å². The molecule has 0 saturated heterocycles. The van der Waals surface area contributed by atoms with E-state index in [0.29, 0.717) is 5.75 Å². The van der Waals surface area contributed by atoms with Crippen molar-refractivity contribution in [1.29, 1.82) is 0 Å². The molecule has 0 bridgehead atoms. The van der Waals surface area contributed by atoms with E-state index in [0.717, 1.165) is 18.4 Å². The van der Waals surface area contributed by atoms with Crippen molar-refractivity contribution in [2.24, 2.45) is 0 Å². The zero-order valence-electron chi connectivity index (χ0n) is 10.8. The van der Waals surface area contributed by atoms with Crippen LogP contribution in [-0.4, -0.2) is 17.2 Å². The molecule has 0 aromatic heterocycles. The number of carbonyl (C=O) groups is 1. The maximum atomic E-state index is 11.2. The van der Waals surface area contributed by atoms with E-state index in [1.165, 1.54) is 25.7 Å². The van der Waals surface area contributed by atoms with Crippen molar-refractivity contribution in [3.63, 3.8) is 0 Å². The van der Waals surface area contributed by atoms with Crippen LogP contribution in [0.3, 0.4) is 0 Å². The van der Waals surface area contributed by atoms with Crippen molar-refractivity contribution >= 4 is 5.97 Å². The molecule has 0 heterocycles. The first-order valence-electron chi connectivity index (χ1n) is 6.68. The minimum absolute atomic E-state index is 0.173. The van der Waals surface area contributed by atoms with Crippen LogP contribution in [0, 0.1) is 6.92 Å². The lowest BCUT2D eigenvalue weighted by atomic mass is 10.1. The van der Waals surface area contributed by atoms with Crippen LogP contribution < -0.4 is 4.74 Å². The standard InChI is InChI=1S/C15H20O3/c1-11-7-6-10-13(15(16)17)14(11)18-12-8-4-2-3-5-9-12/h6-7,10,12H,2-5,8-9H2,1H3,(H,16,17). The molecule has 1 saturated carbocycles. The van der Waals surface area contributed by atoms with E-state index in [1.54, 1.807) is 12.1 Å². The number of carboxylic acids is 1. The highest BCUT2D eigenvalue weighted by Gasteiger charge is 2.19. The quantitative estimate of drug-likeness (QED) is 0.828. The Hall–Kier alpha value is -1.51. The van der Waals surface area contributed by atoms with Gasteiger partial charge in [0.1, 0.15) is 11.3 Å². The van der Waals surface area contributed by atoms with Gasteiger partial charge in [0.15, 0.2) is 0 Å². The number of ether oxygens (including phenoxy) is 1. The van der Waals surface area contributed by atoms with Crippen LogP contribution in [0.5, 0.6) is 5.75 Å². The summed E-state index contributed by atoms with van der Waals surface area (Å²) in [5.41, 5.74) is 1.18. The second kappa shape index (κ2) is 5.89. The minimum Gasteiger partial charge on any atom is -0.489 e. The Morgan fingerprint density at radius 2 is 1.89 bits per heavy atom. The molecule has 1 aromatic carbocycles. The molecule has 1 fully saturated rings. The van der Waals surface area contributed by atoms with Crippen LogP contribution >= 0.6 is 0 Å². The molecule has 3 nitrogen and oxygen atoms in total. The Morgan fingerprint density at radius 3 is 2.50 bits per heavy atom. The van der Waals surface area contributed by atoms with E-state index in [4.69, 9.17) is 4.74 Å². The molecule has 0 unspecified atom stereocenters. The predicted molar refractivity (Wildman–Crippen MR) is 70.3 cm³/mol. The normalized spacial score (nSPS) is 17.2. The average molecular weight is 248 g/mol. The lowest BCUT2D eigenvalue weighted by molar-refractivity contribution is 0.0687. The Morgan fingerprint density at radius 1 is 1.22 bits per heavy atom. The minimum atomic E-state index is -0.915. The van der Waals surface area contributed by atoms with E-state index in [2.05, 4.69) is 0 Å². The van der Waals surface area contributed by atoms with Gasteiger partial charge in [-0.2, -0.15) is 0 Å². The van der Waals surface area contributed by atoms with Gasteiger partial charge in [0.25, 0.3) is 0 Å². The first-order chi connectivity index (χ1) is 8.68. The van der Waals surface area contributed by atoms with Gasteiger partial charge in [-0.25, -0.2) is 4.79 Å². The summed E-state index contributed by atoms with van der Waals surface area (Å²) < 4.78 is 5.98. The summed E-state index contributed by atoms with van der Waals surface area (Å²) in [6.07, 6.45) is 7.13. The summed E-state index contributed by atoms with van der Waals surface area (Å²) in [6, 6.07) is 5.28. The first kappa shape index (κ1) is 12.9. The zero-order valence-corrected chi connectivity index (χ0v) is 10.8. The number of hydrogen-bond acceptors (Lipinski definition) is 2. The van der Waals surface area contributed by atoms with Gasteiger partial charge in [-0.1, -0.05) is 25.0 Å². The number of hydrogen-bond donors (Lipinski definition) is 1. The molecule has 1 aromatic rings. The molecule has 0 radical (unpaired) electrons. The highest BCUT2D eigenvalue weighted by atomic mass is 16.5. The fourth-order valence-electron chi connectivity index (χ4n) is 2.50. The third-order valence-corrected chi connectivity index (χ3v) is 3.53. The van der Waals surface area contributed by atoms with Crippen LogP contribution in [-0.2, 0) is 0 Å². The smallest absolute Gasteiger partial charge is 0.339 e. The summed E-state index contributed by atoms with van der Waals surface area (Å²) in [4.78, 5) is 11.2. The molecule has 0 spiro atoms. The second-order valence-electron chi connectivity index (χ2n) is 4.99. The number of benzene rings is 1. The maximum Gasteiger partial charge on any atom is 0.339 e. The van der Waals surface area contributed by atoms with Crippen LogP contribution in [0.2, 0.25) is 0 Å². The molecule has 0 aliphatic heterocycles. The molecule has 0 amide bonds. The fraction of sp³-hybridized carbons (Fsp3) is 0.533. The summed E-state index contributed by atoms with van der Waals surface area (Å²) in [5.74, 6) is -0.362. The van der Waals surface area contributed by atoms with Gasteiger partial charge in [0, 0.05) is 0 Å². The molecule has 2 rings (SSSR count). The highest BCUT2D eigenvalue weighted by molar-refractivity contribution is 5.91. The maximum absolute atomic E-state index is 11.2. The highest BCUT2D eigenvalue weighted by Crippen LogP contribution is 2.28. The van der Waals surface area contributed by atoms with E-state index < -0.39 is 5.97 Å². The molecule has 0 atom stereocenters. The van der Waals surface area contributed by atoms with Gasteiger partial charge in [-0.3, -0.25) is 0 Å². The number of aromatic carboxylic acids is 1. The van der Waals surface area contributed by atoms with Crippen LogP contribution in [0.15, 0.2) is 18.2 Å². The van der Waals surface area contributed by atoms with E-state index >= 15 is 0 Å². The summed E-state index contributed by atoms with van der Waals surface area (Å²) in [6.45, 7) is 1.90. The molecule has 18 heavy (non-hydrogen) atoms. The van der Waals surface area contributed by atoms with Crippen molar-refractivity contribution in [1.82, 2.24) is 0 Å². The summed E-state index contributed by atoms with van der Waals surface area (Å²) >= 11 is 0. The summed E-state index contributed by atoms with van der Waals surface area (Å²) in [7, 11) is 0. The molecule has 98 valence electrons. The molecule has 1 N–H and O–H groups in total. The topological polar surface area (TPSA) is 46.5 Å². The average Bonchev–Trinajstić information content (AvgIpc) is 2.60. The molecule has 1 aliphatic carbocycles. The SMILES string of the molecule is Cc1cccc(C(=O)O)c1OC1CCCCCC1. The summed E-state index contributed by atoms with van der Waals surface area (Å²) in [5, 5.41) is 9.20. The lowest BCUT2D eigenvalue weighted by Crippen LogP contribution is -2.17. The van der Waals surface area contributed by atoms with Crippen LogP contribution in [0.25, 0.3) is 0 Å². The van der Waals surface area contributed by atoms with Crippen molar-refractivity contribution in [2.45, 2.75) is 51.6 Å². The van der Waals surface area contributed by atoms with Crippen molar-refractivity contribution in [3.8, 4) is 5.75 Å². The second-order valence-corrected chi connectivity index (χ2v) is 4.99. The first-order valence-corrected chi connectivity index (χ1v) is 6.68. The van der Waals surface area contributed by atoms with Crippen LogP contribution in [0.1, 0.15) is 54.4 Å². The Bertz CT molecular complexity index is 418. The largest absolute Gasteiger partial charge is 0.489 e. The van der Waals surface area contributed by atoms with Crippen molar-refractivity contribution in [3.05, 3.63) is 29.3 Å². The number of carboxylic acid groups (broad SMARTS) is 1. The molecule has 3 heteroatoms. The number of aryl methyl sites for hydroxylation is 1. The Balaban J connectivity index is 2.19. The monoisotopic (exact) mass is 248 g/mol. The zero-order chi connectivity index (χ0) is 13.0. The van der Waals surface area contributed by atoms with Crippen LogP contribution in [0.4, 0.5) is 0 Å². The van der Waals surface area contributed by atoms with Gasteiger partial charge in [0.2, 0.25) is 0 Å². The van der Waals surface area contributed by atoms with Crippen molar-refractivity contribution < 1.29 is 14.6 Å². The van der Waals surface area contributed by atoms with E-state index in [1.807, 2.05) is 13.0 Å². The Labute approximate surface area is 108 Å². The fourth-order valence-corrected chi connectivity index (χ4v) is 2.50. The van der Waals surface area contributed by atoms with Gasteiger partial charge in [0.05, 0.1) is 6.10 Å². The van der Waals surface area contributed by atoms with Gasteiger partial charge in [-0.15, -0.1) is 0 Å². The predicted octanol–water partition coefficient (Wildman–Crippen LogP) is 3.79. The molecule has 1 aliphatic rings. The lowest BCUT2D eigenvalue weighted by Gasteiger charge is -2.20. The molecular weight excluding hydrogens is 228 g/mol. The third-order valence-electron chi connectivity index (χ3n) is 3.53.